The highest BCUT2D eigenvalue weighted by atomic mass is 16.7. The van der Waals surface area contributed by atoms with Crippen LogP contribution in [0.4, 0.5) is 0 Å². The summed E-state index contributed by atoms with van der Waals surface area (Å²) in [5.74, 6) is -0.702. The first kappa shape index (κ1) is 57.3. The predicted octanol–water partition coefficient (Wildman–Crippen LogP) is 7.36. The summed E-state index contributed by atoms with van der Waals surface area (Å²) in [6, 6.07) is -1.12. The van der Waals surface area contributed by atoms with Crippen molar-refractivity contribution in [1.82, 2.24) is 5.32 Å². The molecule has 1 saturated heterocycles. The predicted molar refractivity (Wildman–Crippen MR) is 244 cm³/mol. The van der Waals surface area contributed by atoms with E-state index in [9.17, 15) is 45.6 Å². The Balaban J connectivity index is 2.51. The number of carbonyl (C=O) groups is 1. The third-order valence-electron chi connectivity index (χ3n) is 11.9. The first-order chi connectivity index (χ1) is 29.4. The van der Waals surface area contributed by atoms with Gasteiger partial charge in [-0.3, -0.25) is 4.79 Å². The molecule has 0 aromatic rings. The van der Waals surface area contributed by atoms with Gasteiger partial charge in [0.1, 0.15) is 36.1 Å². The summed E-state index contributed by atoms with van der Waals surface area (Å²) in [6.07, 6.45) is 28.9. The number of allylic oxidation sites excluding steroid dienone is 4. The molecule has 358 valence electrons. The lowest BCUT2D eigenvalue weighted by atomic mass is 9.94. The second-order valence-electron chi connectivity index (χ2n) is 17.6. The number of amides is 1. The van der Waals surface area contributed by atoms with Gasteiger partial charge < -0.3 is 55.6 Å². The number of carbonyl (C=O) groups excluding carboxylic acids is 1. The molecular weight excluding hydrogens is 779 g/mol. The Bertz CT molecular complexity index is 1130. The third-order valence-corrected chi connectivity index (χ3v) is 11.9. The normalized spacial score (nSPS) is 22.8. The maximum absolute atomic E-state index is 13.1. The fourth-order valence-corrected chi connectivity index (χ4v) is 7.55. The Hall–Kier alpha value is -1.71. The number of nitrogens with one attached hydrogen (secondary N) is 1. The number of aliphatic hydroxyl groups is 8. The summed E-state index contributed by atoms with van der Waals surface area (Å²) in [5, 5.41) is 86.2. The monoisotopic (exact) mass is 870 g/mol. The van der Waals surface area contributed by atoms with E-state index in [1.165, 1.54) is 115 Å². The molecule has 0 aromatic heterocycles. The van der Waals surface area contributed by atoms with Crippen molar-refractivity contribution in [3.63, 3.8) is 0 Å². The zero-order valence-electron chi connectivity index (χ0n) is 38.5. The van der Waals surface area contributed by atoms with E-state index < -0.39 is 79.8 Å². The minimum atomic E-state index is -1.67. The molecule has 1 heterocycles. The van der Waals surface area contributed by atoms with E-state index in [4.69, 9.17) is 9.47 Å². The number of hydrogen-bond acceptors (Lipinski definition) is 11. The third kappa shape index (κ3) is 27.3. The molecule has 0 radical (unpaired) electrons. The van der Waals surface area contributed by atoms with Gasteiger partial charge in [0.25, 0.3) is 0 Å². The van der Waals surface area contributed by atoms with Gasteiger partial charge in [0, 0.05) is 0 Å². The Morgan fingerprint density at radius 2 is 1.15 bits per heavy atom. The molecule has 10 atom stereocenters. The van der Waals surface area contributed by atoms with Gasteiger partial charge in [-0.05, 0) is 64.7 Å². The summed E-state index contributed by atoms with van der Waals surface area (Å²) in [5.41, 5.74) is -1.42. The van der Waals surface area contributed by atoms with Crippen molar-refractivity contribution in [2.45, 2.75) is 255 Å². The van der Waals surface area contributed by atoms with Crippen LogP contribution in [-0.4, -0.2) is 121 Å². The second-order valence-corrected chi connectivity index (χ2v) is 17.6. The van der Waals surface area contributed by atoms with Crippen molar-refractivity contribution in [3.8, 4) is 0 Å². The van der Waals surface area contributed by atoms with Gasteiger partial charge in [0.15, 0.2) is 6.29 Å². The molecule has 0 bridgehead atoms. The minimum absolute atomic E-state index is 0.200. The molecule has 2 unspecified atom stereocenters. The first-order valence-electron chi connectivity index (χ1n) is 24.4. The molecule has 0 saturated carbocycles. The molecule has 9 N–H and O–H groups in total. The molecule has 61 heavy (non-hydrogen) atoms. The van der Waals surface area contributed by atoms with Crippen molar-refractivity contribution in [1.29, 1.82) is 0 Å². The number of hydrogen-bond donors (Lipinski definition) is 9. The van der Waals surface area contributed by atoms with Crippen LogP contribution in [-0.2, 0) is 14.3 Å². The smallest absolute Gasteiger partial charge is 0.249 e. The van der Waals surface area contributed by atoms with E-state index in [-0.39, 0.29) is 12.8 Å². The highest BCUT2D eigenvalue weighted by Crippen LogP contribution is 2.23. The van der Waals surface area contributed by atoms with Crippen LogP contribution in [0.3, 0.4) is 0 Å². The first-order valence-corrected chi connectivity index (χ1v) is 24.4. The van der Waals surface area contributed by atoms with Gasteiger partial charge in [-0.1, -0.05) is 166 Å². The van der Waals surface area contributed by atoms with Gasteiger partial charge in [0.2, 0.25) is 5.91 Å². The average molecular weight is 870 g/mol. The maximum atomic E-state index is 13.1. The fourth-order valence-electron chi connectivity index (χ4n) is 7.55. The highest BCUT2D eigenvalue weighted by molar-refractivity contribution is 5.80. The zero-order valence-corrected chi connectivity index (χ0v) is 38.5. The van der Waals surface area contributed by atoms with E-state index in [1.807, 2.05) is 6.08 Å². The average Bonchev–Trinajstić information content (AvgIpc) is 3.24. The molecule has 12 nitrogen and oxygen atoms in total. The lowest BCUT2D eigenvalue weighted by Gasteiger charge is -2.40. The quantitative estimate of drug-likeness (QED) is 0.0220. The summed E-state index contributed by atoms with van der Waals surface area (Å²) in [4.78, 5) is 13.1. The summed E-state index contributed by atoms with van der Waals surface area (Å²) in [6.45, 7) is 4.92. The Morgan fingerprint density at radius 1 is 0.656 bits per heavy atom. The van der Waals surface area contributed by atoms with Crippen molar-refractivity contribution in [3.05, 3.63) is 36.5 Å². The Morgan fingerprint density at radius 3 is 1.67 bits per heavy atom. The van der Waals surface area contributed by atoms with E-state index in [1.54, 1.807) is 19.1 Å². The van der Waals surface area contributed by atoms with Gasteiger partial charge >= 0.3 is 0 Å². The van der Waals surface area contributed by atoms with E-state index in [2.05, 4.69) is 31.3 Å². The zero-order chi connectivity index (χ0) is 45.1. The molecule has 0 aromatic carbocycles. The molecule has 0 spiro atoms. The van der Waals surface area contributed by atoms with E-state index in [0.717, 1.165) is 38.5 Å². The van der Waals surface area contributed by atoms with Crippen LogP contribution in [0.5, 0.6) is 0 Å². The number of aliphatic hydroxyl groups excluding tert-OH is 7. The molecular formula is C49H91NO11. The standard InChI is InChI=1S/C49H91NO11/c1-4-6-8-10-12-13-14-15-16-17-18-19-20-21-22-23-24-25-27-29-34-41(53)47(58)50-39(38-60-48-46(57)45(56)44(55)42(37-51)61-48)40(52)33-30-31-35-43(54)49(3,59)36-32-28-26-11-9-7-5-2/h15-16,30,32-33,36,39-46,48,51-57,59H,4-14,17-29,31,34-35,37-38H2,1-3H3,(H,50,58)/b16-15-,33-30+,36-32+/t39-,40+,41+,42+,43?,44+,45-,46+,48+,49?/m0/s1. The topological polar surface area (TPSA) is 209 Å². The number of rotatable bonds is 39. The molecule has 1 amide bonds. The van der Waals surface area contributed by atoms with E-state index >= 15 is 0 Å². The van der Waals surface area contributed by atoms with Crippen LogP contribution in [0.25, 0.3) is 0 Å². The van der Waals surface area contributed by atoms with Crippen molar-refractivity contribution in [2.75, 3.05) is 13.2 Å². The van der Waals surface area contributed by atoms with Crippen molar-refractivity contribution in [2.24, 2.45) is 0 Å². The largest absolute Gasteiger partial charge is 0.394 e. The van der Waals surface area contributed by atoms with Crippen LogP contribution in [0.2, 0.25) is 0 Å². The van der Waals surface area contributed by atoms with Gasteiger partial charge in [-0.2, -0.15) is 0 Å². The Labute approximate surface area is 369 Å². The maximum Gasteiger partial charge on any atom is 0.249 e. The lowest BCUT2D eigenvalue weighted by molar-refractivity contribution is -0.302. The minimum Gasteiger partial charge on any atom is -0.394 e. The molecule has 1 aliphatic heterocycles. The molecule has 1 rings (SSSR count). The SMILES string of the molecule is CCCCCCC/C=C/C(C)(O)C(O)CC/C=C/[C@@H](O)[C@H](CO[C@@H]1O[C@H](CO)[C@@H](O)[C@H](O)[C@H]1O)NC(=O)[C@H](O)CCCCCCCCCCCC/C=C\CCCCCCCC. The fraction of sp³-hybridized carbons (Fsp3) is 0.857. The van der Waals surface area contributed by atoms with Gasteiger partial charge in [-0.15, -0.1) is 0 Å². The van der Waals surface area contributed by atoms with Crippen molar-refractivity contribution < 1.29 is 55.1 Å². The lowest BCUT2D eigenvalue weighted by Crippen LogP contribution is -2.60. The van der Waals surface area contributed by atoms with E-state index in [0.29, 0.717) is 12.8 Å². The van der Waals surface area contributed by atoms with Crippen molar-refractivity contribution >= 4 is 5.91 Å². The molecule has 0 aliphatic carbocycles. The molecule has 12 heteroatoms. The number of ether oxygens (including phenoxy) is 2. The van der Waals surface area contributed by atoms with Gasteiger partial charge in [0.05, 0.1) is 31.5 Å². The van der Waals surface area contributed by atoms with Crippen LogP contribution >= 0.6 is 0 Å². The highest BCUT2D eigenvalue weighted by Gasteiger charge is 2.44. The van der Waals surface area contributed by atoms with Crippen LogP contribution in [0.1, 0.15) is 194 Å². The summed E-state index contributed by atoms with van der Waals surface area (Å²) < 4.78 is 11.1. The second kappa shape index (κ2) is 36.6. The molecule has 1 fully saturated rings. The molecule has 1 aliphatic rings. The summed E-state index contributed by atoms with van der Waals surface area (Å²) in [7, 11) is 0. The Kier molecular flexibility index (Phi) is 34.4. The van der Waals surface area contributed by atoms with Crippen LogP contribution in [0.15, 0.2) is 36.5 Å². The summed E-state index contributed by atoms with van der Waals surface area (Å²) >= 11 is 0. The van der Waals surface area contributed by atoms with Crippen LogP contribution in [0, 0.1) is 0 Å². The van der Waals surface area contributed by atoms with Crippen LogP contribution < -0.4 is 5.32 Å². The number of unbranched alkanes of at least 4 members (excludes halogenated alkanes) is 21. The van der Waals surface area contributed by atoms with Gasteiger partial charge in [-0.25, -0.2) is 0 Å².